The summed E-state index contributed by atoms with van der Waals surface area (Å²) in [6, 6.07) is 0. The van der Waals surface area contributed by atoms with E-state index in [0.717, 1.165) is 6.08 Å². The second kappa shape index (κ2) is 6.80. The van der Waals surface area contributed by atoms with Gasteiger partial charge in [0.15, 0.2) is 0 Å². The van der Waals surface area contributed by atoms with Gasteiger partial charge >= 0.3 is 0 Å². The molecule has 0 spiro atoms. The molecule has 1 unspecified atom stereocenters. The van der Waals surface area contributed by atoms with Crippen molar-refractivity contribution in [2.75, 3.05) is 6.54 Å². The second-order valence-electron chi connectivity index (χ2n) is 2.49. The van der Waals surface area contributed by atoms with Crippen molar-refractivity contribution in [3.63, 3.8) is 0 Å². The third kappa shape index (κ3) is 5.95. The van der Waals surface area contributed by atoms with Gasteiger partial charge < -0.3 is 5.32 Å². The molecular weight excluding hydrogens is 230 g/mol. The van der Waals surface area contributed by atoms with Crippen LogP contribution in [0.1, 0.15) is 13.3 Å². The predicted molar refractivity (Wildman–Crippen MR) is 56.1 cm³/mol. The predicted octanol–water partition coefficient (Wildman–Crippen LogP) is 0.377. The Bertz CT molecular complexity index is 288. The lowest BCUT2D eigenvalue weighted by Gasteiger charge is -2.10. The van der Waals surface area contributed by atoms with Gasteiger partial charge in [-0.15, -0.1) is 12.4 Å². The van der Waals surface area contributed by atoms with E-state index in [0.29, 0.717) is 0 Å². The molecule has 0 saturated heterocycles. The summed E-state index contributed by atoms with van der Waals surface area (Å²) in [5, 5.41) is 1.35. The second-order valence-corrected chi connectivity index (χ2v) is 4.19. The Balaban J connectivity index is 0. The van der Waals surface area contributed by atoms with E-state index in [2.05, 4.69) is 11.9 Å². The largest absolute Gasteiger partial charge is 0.351 e. The van der Waals surface area contributed by atoms with E-state index in [4.69, 9.17) is 4.55 Å². The molecule has 0 saturated carbocycles. The van der Waals surface area contributed by atoms with Crippen LogP contribution in [-0.4, -0.2) is 30.7 Å². The van der Waals surface area contributed by atoms with Crippen LogP contribution in [0.25, 0.3) is 0 Å². The molecule has 2 N–H and O–H groups in total. The fourth-order valence-corrected chi connectivity index (χ4v) is 1.46. The first-order valence-electron chi connectivity index (χ1n) is 3.78. The molecule has 0 fully saturated rings. The number of hydrogen-bond acceptors (Lipinski definition) is 3. The zero-order valence-corrected chi connectivity index (χ0v) is 9.40. The van der Waals surface area contributed by atoms with Crippen molar-refractivity contribution in [3.05, 3.63) is 12.7 Å². The van der Waals surface area contributed by atoms with Gasteiger partial charge in [-0.1, -0.05) is 13.5 Å². The van der Waals surface area contributed by atoms with Gasteiger partial charge in [0.25, 0.3) is 10.1 Å². The Hall–Kier alpha value is -0.590. The van der Waals surface area contributed by atoms with Gasteiger partial charge in [-0.3, -0.25) is 9.35 Å². The first-order valence-corrected chi connectivity index (χ1v) is 5.28. The van der Waals surface area contributed by atoms with Crippen LogP contribution in [0.5, 0.6) is 0 Å². The minimum Gasteiger partial charge on any atom is -0.351 e. The van der Waals surface area contributed by atoms with Gasteiger partial charge in [-0.25, -0.2) is 0 Å². The first kappa shape index (κ1) is 15.9. The van der Waals surface area contributed by atoms with E-state index in [-0.39, 0.29) is 25.4 Å². The van der Waals surface area contributed by atoms with E-state index in [9.17, 15) is 13.2 Å². The van der Waals surface area contributed by atoms with Crippen LogP contribution in [0.2, 0.25) is 0 Å². The smallest absolute Gasteiger partial charge is 0.269 e. The molecule has 1 atom stereocenters. The molecule has 0 aromatic carbocycles. The Kier molecular flexibility index (Phi) is 7.71. The fraction of sp³-hybridized carbons (Fsp3) is 0.571. The third-order valence-electron chi connectivity index (χ3n) is 1.57. The number of carbonyl (C=O) groups is 1. The highest BCUT2D eigenvalue weighted by Gasteiger charge is 2.20. The monoisotopic (exact) mass is 243 g/mol. The quantitative estimate of drug-likeness (QED) is 0.540. The van der Waals surface area contributed by atoms with Crippen molar-refractivity contribution in [3.8, 4) is 0 Å². The van der Waals surface area contributed by atoms with Crippen LogP contribution < -0.4 is 5.32 Å². The summed E-state index contributed by atoms with van der Waals surface area (Å²) in [4.78, 5) is 10.7. The molecule has 5 nitrogen and oxygen atoms in total. The lowest BCUT2D eigenvalue weighted by atomic mass is 10.3. The number of nitrogens with one attached hydrogen (secondary N) is 1. The van der Waals surface area contributed by atoms with Gasteiger partial charge in [-0.05, 0) is 12.5 Å². The third-order valence-corrected chi connectivity index (χ3v) is 2.91. The lowest BCUT2D eigenvalue weighted by Crippen LogP contribution is -2.35. The molecule has 84 valence electrons. The minimum atomic E-state index is -4.07. The van der Waals surface area contributed by atoms with Gasteiger partial charge in [0, 0.05) is 6.54 Å². The van der Waals surface area contributed by atoms with Crippen LogP contribution in [-0.2, 0) is 14.9 Å². The molecule has 14 heavy (non-hydrogen) atoms. The Morgan fingerprint density at radius 1 is 1.64 bits per heavy atom. The van der Waals surface area contributed by atoms with Gasteiger partial charge in [-0.2, -0.15) is 8.42 Å². The molecule has 0 aliphatic heterocycles. The molecule has 0 radical (unpaired) electrons. The number of carbonyl (C=O) groups excluding carboxylic acids is 1. The van der Waals surface area contributed by atoms with Crippen molar-refractivity contribution in [2.24, 2.45) is 0 Å². The van der Waals surface area contributed by atoms with Crippen LogP contribution in [0, 0.1) is 0 Å². The summed E-state index contributed by atoms with van der Waals surface area (Å²) < 4.78 is 29.9. The maximum Gasteiger partial charge on any atom is 0.269 e. The molecule has 0 aromatic rings. The molecule has 7 heteroatoms. The van der Waals surface area contributed by atoms with Crippen LogP contribution >= 0.6 is 12.4 Å². The number of hydrogen-bond donors (Lipinski definition) is 2. The molecular formula is C7H14ClNO4S. The highest BCUT2D eigenvalue weighted by molar-refractivity contribution is 7.86. The Morgan fingerprint density at radius 2 is 2.14 bits per heavy atom. The van der Waals surface area contributed by atoms with Gasteiger partial charge in [0.2, 0.25) is 5.91 Å². The van der Waals surface area contributed by atoms with Crippen molar-refractivity contribution >= 4 is 28.4 Å². The standard InChI is InChI=1S/C7H13NO4S.ClH/c1-3-6(13(10,11)12)5-8-7(9)4-2;/h4,6H,2-3,5H2,1H3,(H,8,9)(H,10,11,12);1H. The summed E-state index contributed by atoms with van der Waals surface area (Å²) >= 11 is 0. The van der Waals surface area contributed by atoms with Crippen molar-refractivity contribution in [1.29, 1.82) is 0 Å². The zero-order valence-electron chi connectivity index (χ0n) is 7.76. The summed E-state index contributed by atoms with van der Waals surface area (Å²) in [5.74, 6) is -0.456. The van der Waals surface area contributed by atoms with Crippen LogP contribution in [0.4, 0.5) is 0 Å². The van der Waals surface area contributed by atoms with Gasteiger partial charge in [0.05, 0.1) is 0 Å². The summed E-state index contributed by atoms with van der Waals surface area (Å²) in [5.41, 5.74) is 0. The summed E-state index contributed by atoms with van der Waals surface area (Å²) in [6.45, 7) is 4.72. The average molecular weight is 244 g/mol. The lowest BCUT2D eigenvalue weighted by molar-refractivity contribution is -0.116. The highest BCUT2D eigenvalue weighted by atomic mass is 35.5. The van der Waals surface area contributed by atoms with E-state index in [1.807, 2.05) is 0 Å². The molecule has 0 aromatic heterocycles. The van der Waals surface area contributed by atoms with Crippen molar-refractivity contribution in [1.82, 2.24) is 5.32 Å². The number of amides is 1. The molecule has 0 bridgehead atoms. The molecule has 0 aliphatic carbocycles. The fourth-order valence-electron chi connectivity index (χ4n) is 0.747. The van der Waals surface area contributed by atoms with E-state index < -0.39 is 21.3 Å². The highest BCUT2D eigenvalue weighted by Crippen LogP contribution is 2.01. The van der Waals surface area contributed by atoms with E-state index >= 15 is 0 Å². The minimum absolute atomic E-state index is 0. The molecule has 0 rings (SSSR count). The summed E-state index contributed by atoms with van der Waals surface area (Å²) in [6.07, 6.45) is 1.28. The Morgan fingerprint density at radius 3 is 2.43 bits per heavy atom. The molecule has 0 heterocycles. The van der Waals surface area contributed by atoms with Crippen molar-refractivity contribution < 1.29 is 17.8 Å². The van der Waals surface area contributed by atoms with Gasteiger partial charge in [0.1, 0.15) is 5.25 Å². The van der Waals surface area contributed by atoms with Crippen molar-refractivity contribution in [2.45, 2.75) is 18.6 Å². The number of rotatable bonds is 5. The zero-order chi connectivity index (χ0) is 10.5. The normalized spacial score (nSPS) is 12.4. The average Bonchev–Trinajstić information content (AvgIpc) is 2.02. The summed E-state index contributed by atoms with van der Waals surface area (Å²) in [7, 11) is -4.07. The topological polar surface area (TPSA) is 83.5 Å². The number of halogens is 1. The first-order chi connectivity index (χ1) is 5.91. The Labute approximate surface area is 89.7 Å². The van der Waals surface area contributed by atoms with E-state index in [1.54, 1.807) is 6.92 Å². The van der Waals surface area contributed by atoms with Crippen LogP contribution in [0.3, 0.4) is 0 Å². The maximum absolute atomic E-state index is 10.7. The maximum atomic E-state index is 10.7. The molecule has 1 amide bonds. The van der Waals surface area contributed by atoms with E-state index in [1.165, 1.54) is 0 Å². The SMILES string of the molecule is C=CC(=O)NCC(CC)S(=O)(=O)O.Cl. The molecule has 0 aliphatic rings. The van der Waals surface area contributed by atoms with Crippen LogP contribution in [0.15, 0.2) is 12.7 Å².